The van der Waals surface area contributed by atoms with Crippen LogP contribution in [0.3, 0.4) is 0 Å². The summed E-state index contributed by atoms with van der Waals surface area (Å²) in [6.45, 7) is 10.5. The van der Waals surface area contributed by atoms with E-state index in [0.29, 0.717) is 5.92 Å². The molecule has 4 rings (SSSR count). The maximum absolute atomic E-state index is 4.85. The van der Waals surface area contributed by atoms with Crippen LogP contribution in [-0.2, 0) is 6.42 Å². The van der Waals surface area contributed by atoms with E-state index in [-0.39, 0.29) is 0 Å². The van der Waals surface area contributed by atoms with E-state index in [1.807, 2.05) is 6.92 Å². The van der Waals surface area contributed by atoms with Crippen molar-refractivity contribution in [3.05, 3.63) is 35.2 Å². The number of nitrogens with zero attached hydrogens (tertiary/aromatic N) is 6. The van der Waals surface area contributed by atoms with Crippen LogP contribution in [0.5, 0.6) is 0 Å². The third-order valence-electron chi connectivity index (χ3n) is 5.80. The standard InChI is InChI=1S/C22H32N6/c1-4-8-20-23-16(2)13-21(26-20)28-12-7-9-18(15-28)19-14-22(25-17(3)24-19)27-10-5-6-11-27/h13-14,18H,4-12,15H2,1-3H3/t18-/m0/s1. The van der Waals surface area contributed by atoms with E-state index in [0.717, 1.165) is 68.0 Å². The lowest BCUT2D eigenvalue weighted by molar-refractivity contribution is 0.496. The Balaban J connectivity index is 1.56. The molecule has 0 aromatic carbocycles. The van der Waals surface area contributed by atoms with Crippen molar-refractivity contribution >= 4 is 11.6 Å². The lowest BCUT2D eigenvalue weighted by Crippen LogP contribution is -2.35. The van der Waals surface area contributed by atoms with Crippen molar-refractivity contribution in [2.45, 2.75) is 65.2 Å². The van der Waals surface area contributed by atoms with Gasteiger partial charge in [-0.3, -0.25) is 0 Å². The van der Waals surface area contributed by atoms with Gasteiger partial charge in [-0.05, 0) is 46.0 Å². The van der Waals surface area contributed by atoms with Gasteiger partial charge in [0.2, 0.25) is 0 Å². The van der Waals surface area contributed by atoms with E-state index in [9.17, 15) is 0 Å². The first-order chi connectivity index (χ1) is 13.6. The molecule has 0 spiro atoms. The van der Waals surface area contributed by atoms with Gasteiger partial charge in [0.05, 0.1) is 5.69 Å². The molecule has 2 fully saturated rings. The Hall–Kier alpha value is -2.24. The molecule has 0 unspecified atom stereocenters. The highest BCUT2D eigenvalue weighted by Crippen LogP contribution is 2.30. The Morgan fingerprint density at radius 3 is 2.43 bits per heavy atom. The molecule has 2 aromatic rings. The van der Waals surface area contributed by atoms with Gasteiger partial charge >= 0.3 is 0 Å². The van der Waals surface area contributed by atoms with E-state index in [1.165, 1.54) is 31.4 Å². The van der Waals surface area contributed by atoms with Gasteiger partial charge in [-0.15, -0.1) is 0 Å². The molecule has 0 saturated carbocycles. The van der Waals surface area contributed by atoms with Gasteiger partial charge in [0.1, 0.15) is 23.3 Å². The van der Waals surface area contributed by atoms with Crippen molar-refractivity contribution in [2.75, 3.05) is 36.0 Å². The second kappa shape index (κ2) is 8.41. The van der Waals surface area contributed by atoms with Crippen LogP contribution in [-0.4, -0.2) is 46.1 Å². The fourth-order valence-corrected chi connectivity index (χ4v) is 4.43. The average Bonchev–Trinajstić information content (AvgIpc) is 3.22. The zero-order valence-electron chi connectivity index (χ0n) is 17.5. The molecule has 4 heterocycles. The van der Waals surface area contributed by atoms with Crippen LogP contribution in [0.4, 0.5) is 11.6 Å². The summed E-state index contributed by atoms with van der Waals surface area (Å²) >= 11 is 0. The van der Waals surface area contributed by atoms with Crippen LogP contribution < -0.4 is 9.80 Å². The summed E-state index contributed by atoms with van der Waals surface area (Å²) in [6, 6.07) is 4.36. The molecule has 28 heavy (non-hydrogen) atoms. The molecule has 6 heteroatoms. The Morgan fingerprint density at radius 2 is 1.64 bits per heavy atom. The van der Waals surface area contributed by atoms with Crippen LogP contribution in [0.2, 0.25) is 0 Å². The minimum absolute atomic E-state index is 0.432. The molecule has 0 bridgehead atoms. The number of piperidine rings is 1. The zero-order valence-corrected chi connectivity index (χ0v) is 17.5. The maximum atomic E-state index is 4.85. The van der Waals surface area contributed by atoms with Gasteiger partial charge in [0.25, 0.3) is 0 Å². The highest BCUT2D eigenvalue weighted by molar-refractivity contribution is 5.44. The second-order valence-corrected chi connectivity index (χ2v) is 8.21. The molecule has 2 saturated heterocycles. The van der Waals surface area contributed by atoms with Crippen LogP contribution >= 0.6 is 0 Å². The lowest BCUT2D eigenvalue weighted by Gasteiger charge is -2.34. The summed E-state index contributed by atoms with van der Waals surface area (Å²) in [7, 11) is 0. The van der Waals surface area contributed by atoms with E-state index in [4.69, 9.17) is 15.0 Å². The number of anilines is 2. The summed E-state index contributed by atoms with van der Waals surface area (Å²) in [5, 5.41) is 0. The highest BCUT2D eigenvalue weighted by atomic mass is 15.2. The third-order valence-corrected chi connectivity index (χ3v) is 5.80. The summed E-state index contributed by atoms with van der Waals surface area (Å²) in [4.78, 5) is 23.8. The van der Waals surface area contributed by atoms with Gasteiger partial charge < -0.3 is 9.80 Å². The first-order valence-electron chi connectivity index (χ1n) is 10.8. The fourth-order valence-electron chi connectivity index (χ4n) is 4.43. The fraction of sp³-hybridized carbons (Fsp3) is 0.636. The third kappa shape index (κ3) is 4.26. The first-order valence-corrected chi connectivity index (χ1v) is 10.8. The molecular weight excluding hydrogens is 348 g/mol. The van der Waals surface area contributed by atoms with Gasteiger partial charge in [0.15, 0.2) is 0 Å². The van der Waals surface area contributed by atoms with Crippen LogP contribution in [0, 0.1) is 13.8 Å². The predicted molar refractivity (Wildman–Crippen MR) is 113 cm³/mol. The Morgan fingerprint density at radius 1 is 0.893 bits per heavy atom. The zero-order chi connectivity index (χ0) is 19.5. The predicted octanol–water partition coefficient (Wildman–Crippen LogP) is 3.82. The van der Waals surface area contributed by atoms with Crippen molar-refractivity contribution in [1.29, 1.82) is 0 Å². The molecule has 2 aromatic heterocycles. The molecular formula is C22H32N6. The molecule has 0 amide bonds. The number of hydrogen-bond acceptors (Lipinski definition) is 6. The van der Waals surface area contributed by atoms with Gasteiger partial charge in [-0.25, -0.2) is 19.9 Å². The van der Waals surface area contributed by atoms with Crippen molar-refractivity contribution in [3.8, 4) is 0 Å². The second-order valence-electron chi connectivity index (χ2n) is 8.21. The quantitative estimate of drug-likeness (QED) is 0.786. The number of hydrogen-bond donors (Lipinski definition) is 0. The highest BCUT2D eigenvalue weighted by Gasteiger charge is 2.25. The van der Waals surface area contributed by atoms with Crippen LogP contribution in [0.1, 0.15) is 68.0 Å². The lowest BCUT2D eigenvalue weighted by atomic mass is 9.94. The van der Waals surface area contributed by atoms with E-state index < -0.39 is 0 Å². The minimum atomic E-state index is 0.432. The monoisotopic (exact) mass is 380 g/mol. The molecule has 0 radical (unpaired) electrons. The van der Waals surface area contributed by atoms with Gasteiger partial charge in [-0.1, -0.05) is 6.92 Å². The molecule has 0 N–H and O–H groups in total. The van der Waals surface area contributed by atoms with Crippen LogP contribution in [0.25, 0.3) is 0 Å². The summed E-state index contributed by atoms with van der Waals surface area (Å²) in [5.74, 6) is 4.47. The molecule has 2 aliphatic rings. The summed E-state index contributed by atoms with van der Waals surface area (Å²) < 4.78 is 0. The van der Waals surface area contributed by atoms with Gasteiger partial charge in [-0.2, -0.15) is 0 Å². The van der Waals surface area contributed by atoms with Crippen molar-refractivity contribution in [2.24, 2.45) is 0 Å². The SMILES string of the molecule is CCCc1nc(C)cc(N2CCC[C@H](c3cc(N4CCCC4)nc(C)n3)C2)n1. The van der Waals surface area contributed by atoms with Gasteiger partial charge in [0, 0.05) is 56.3 Å². The topological polar surface area (TPSA) is 58.0 Å². The molecule has 1 atom stereocenters. The minimum Gasteiger partial charge on any atom is -0.357 e. The largest absolute Gasteiger partial charge is 0.357 e. The Labute approximate surface area is 168 Å². The average molecular weight is 381 g/mol. The van der Waals surface area contributed by atoms with E-state index in [1.54, 1.807) is 0 Å². The van der Waals surface area contributed by atoms with Crippen molar-refractivity contribution in [3.63, 3.8) is 0 Å². The summed E-state index contributed by atoms with van der Waals surface area (Å²) in [5.41, 5.74) is 2.25. The molecule has 2 aliphatic heterocycles. The molecule has 6 nitrogen and oxygen atoms in total. The molecule has 150 valence electrons. The maximum Gasteiger partial charge on any atom is 0.132 e. The van der Waals surface area contributed by atoms with E-state index in [2.05, 4.69) is 40.8 Å². The normalized spacial score (nSPS) is 20.0. The van der Waals surface area contributed by atoms with Crippen LogP contribution in [0.15, 0.2) is 12.1 Å². The first kappa shape index (κ1) is 19.1. The number of rotatable bonds is 5. The molecule has 0 aliphatic carbocycles. The van der Waals surface area contributed by atoms with Crippen molar-refractivity contribution < 1.29 is 0 Å². The number of aryl methyl sites for hydroxylation is 3. The number of aromatic nitrogens is 4. The Kier molecular flexibility index (Phi) is 5.74. The smallest absolute Gasteiger partial charge is 0.132 e. The Bertz CT molecular complexity index is 815. The van der Waals surface area contributed by atoms with E-state index >= 15 is 0 Å². The summed E-state index contributed by atoms with van der Waals surface area (Å²) in [6.07, 6.45) is 6.89. The van der Waals surface area contributed by atoms with Crippen molar-refractivity contribution in [1.82, 2.24) is 19.9 Å².